The van der Waals surface area contributed by atoms with Crippen molar-refractivity contribution in [2.45, 2.75) is 27.7 Å². The molecule has 0 saturated heterocycles. The van der Waals surface area contributed by atoms with Gasteiger partial charge in [-0.3, -0.25) is 0 Å². The van der Waals surface area contributed by atoms with Crippen molar-refractivity contribution < 1.29 is 0 Å². The molecule has 0 radical (unpaired) electrons. The molecule has 0 amide bonds. The van der Waals surface area contributed by atoms with Crippen LogP contribution in [0.4, 0.5) is 11.4 Å². The second kappa shape index (κ2) is 9.11. The molecule has 2 aromatic rings. The number of nitrogens with two attached hydrogens (primary N) is 2. The number of aryl methyl sites for hydroxylation is 2. The molecule has 0 fully saturated rings. The van der Waals surface area contributed by atoms with Crippen LogP contribution in [0.1, 0.15) is 25.0 Å². The normalized spacial score (nSPS) is 8.44. The van der Waals surface area contributed by atoms with Gasteiger partial charge in [-0.15, -0.1) is 0 Å². The Balaban J connectivity index is 0.000000283. The molecule has 0 spiro atoms. The molecule has 2 aromatic carbocycles. The van der Waals surface area contributed by atoms with E-state index in [0.717, 1.165) is 11.4 Å². The highest BCUT2D eigenvalue weighted by molar-refractivity contribution is 5.40. The third kappa shape index (κ3) is 7.34. The first-order valence-electron chi connectivity index (χ1n) is 6.22. The Morgan fingerprint density at radius 1 is 0.667 bits per heavy atom. The molecule has 4 N–H and O–H groups in total. The maximum absolute atomic E-state index is 5.46. The smallest absolute Gasteiger partial charge is 0.0316 e. The SMILES string of the molecule is CC.Cc1ccc(N)cc1.Cc1cccc(N)c1. The van der Waals surface area contributed by atoms with E-state index in [1.807, 2.05) is 76.2 Å². The van der Waals surface area contributed by atoms with Gasteiger partial charge >= 0.3 is 0 Å². The highest BCUT2D eigenvalue weighted by Gasteiger charge is 1.81. The van der Waals surface area contributed by atoms with Crippen molar-refractivity contribution in [1.29, 1.82) is 0 Å². The minimum Gasteiger partial charge on any atom is -0.399 e. The van der Waals surface area contributed by atoms with Crippen LogP contribution in [0.5, 0.6) is 0 Å². The summed E-state index contributed by atoms with van der Waals surface area (Å²) in [7, 11) is 0. The van der Waals surface area contributed by atoms with E-state index in [1.54, 1.807) is 0 Å². The molecule has 2 rings (SSSR count). The summed E-state index contributed by atoms with van der Waals surface area (Å²) in [5, 5.41) is 0. The Morgan fingerprint density at radius 2 is 1.22 bits per heavy atom. The van der Waals surface area contributed by atoms with Gasteiger partial charge in [-0.1, -0.05) is 43.7 Å². The van der Waals surface area contributed by atoms with E-state index in [0.29, 0.717) is 0 Å². The Bertz CT molecular complexity index is 395. The molecule has 2 heteroatoms. The molecule has 2 nitrogen and oxygen atoms in total. The fourth-order valence-electron chi connectivity index (χ4n) is 1.24. The first kappa shape index (κ1) is 16.0. The van der Waals surface area contributed by atoms with Gasteiger partial charge < -0.3 is 11.5 Å². The molecule has 98 valence electrons. The van der Waals surface area contributed by atoms with E-state index < -0.39 is 0 Å². The number of nitrogen functional groups attached to an aromatic ring is 2. The zero-order chi connectivity index (χ0) is 14.0. The highest BCUT2D eigenvalue weighted by atomic mass is 14.5. The second-order valence-corrected chi connectivity index (χ2v) is 3.82. The van der Waals surface area contributed by atoms with Crippen molar-refractivity contribution in [3.63, 3.8) is 0 Å². The third-order valence-electron chi connectivity index (χ3n) is 2.12. The molecule has 0 heterocycles. The number of benzene rings is 2. The second-order valence-electron chi connectivity index (χ2n) is 3.82. The summed E-state index contributed by atoms with van der Waals surface area (Å²) in [6, 6.07) is 15.6. The number of hydrogen-bond acceptors (Lipinski definition) is 2. The summed E-state index contributed by atoms with van der Waals surface area (Å²) in [6.45, 7) is 8.07. The number of anilines is 2. The maximum Gasteiger partial charge on any atom is 0.0316 e. The minimum absolute atomic E-state index is 0.829. The van der Waals surface area contributed by atoms with Crippen LogP contribution in [0.3, 0.4) is 0 Å². The van der Waals surface area contributed by atoms with Gasteiger partial charge in [0.1, 0.15) is 0 Å². The molecular weight excluding hydrogens is 220 g/mol. The van der Waals surface area contributed by atoms with E-state index >= 15 is 0 Å². The summed E-state index contributed by atoms with van der Waals surface area (Å²) in [5.41, 5.74) is 15.0. The fraction of sp³-hybridized carbons (Fsp3) is 0.250. The molecule has 0 bridgehead atoms. The van der Waals surface area contributed by atoms with Crippen molar-refractivity contribution in [3.8, 4) is 0 Å². The van der Waals surface area contributed by atoms with Gasteiger partial charge in [0.15, 0.2) is 0 Å². The largest absolute Gasteiger partial charge is 0.399 e. The quantitative estimate of drug-likeness (QED) is 0.683. The summed E-state index contributed by atoms with van der Waals surface area (Å²) < 4.78 is 0. The summed E-state index contributed by atoms with van der Waals surface area (Å²) in [4.78, 5) is 0. The Labute approximate surface area is 111 Å². The summed E-state index contributed by atoms with van der Waals surface area (Å²) in [6.07, 6.45) is 0. The molecular formula is C16H24N2. The standard InChI is InChI=1S/2C7H9N.C2H6/c1-6-2-4-7(8)5-3-6;1-6-3-2-4-7(8)5-6;1-2/h2*2-5H,8H2,1H3;1-2H3. The average molecular weight is 244 g/mol. The molecule has 18 heavy (non-hydrogen) atoms. The van der Waals surface area contributed by atoms with Crippen molar-refractivity contribution in [1.82, 2.24) is 0 Å². The first-order chi connectivity index (χ1) is 8.58. The van der Waals surface area contributed by atoms with E-state index in [1.165, 1.54) is 11.1 Å². The van der Waals surface area contributed by atoms with Crippen molar-refractivity contribution in [2.24, 2.45) is 0 Å². The van der Waals surface area contributed by atoms with Gasteiger partial charge in [0.05, 0.1) is 0 Å². The average Bonchev–Trinajstić information content (AvgIpc) is 2.36. The first-order valence-corrected chi connectivity index (χ1v) is 6.22. The van der Waals surface area contributed by atoms with Crippen molar-refractivity contribution in [2.75, 3.05) is 11.5 Å². The predicted octanol–water partition coefficient (Wildman–Crippen LogP) is 4.18. The monoisotopic (exact) mass is 244 g/mol. The molecule has 0 aliphatic heterocycles. The van der Waals surface area contributed by atoms with Crippen LogP contribution in [0.25, 0.3) is 0 Å². The zero-order valence-corrected chi connectivity index (χ0v) is 11.8. The lowest BCUT2D eigenvalue weighted by atomic mass is 10.2. The van der Waals surface area contributed by atoms with Gasteiger partial charge in [-0.2, -0.15) is 0 Å². The Kier molecular flexibility index (Phi) is 8.12. The fourth-order valence-corrected chi connectivity index (χ4v) is 1.24. The third-order valence-corrected chi connectivity index (χ3v) is 2.12. The van der Waals surface area contributed by atoms with E-state index in [2.05, 4.69) is 0 Å². The minimum atomic E-state index is 0.829. The van der Waals surface area contributed by atoms with Crippen LogP contribution in [-0.4, -0.2) is 0 Å². The van der Waals surface area contributed by atoms with Gasteiger partial charge in [0, 0.05) is 11.4 Å². The van der Waals surface area contributed by atoms with Crippen LogP contribution >= 0.6 is 0 Å². The van der Waals surface area contributed by atoms with Gasteiger partial charge in [0.25, 0.3) is 0 Å². The van der Waals surface area contributed by atoms with Gasteiger partial charge in [-0.05, 0) is 43.7 Å². The summed E-state index contributed by atoms with van der Waals surface area (Å²) in [5.74, 6) is 0. The molecule has 0 aromatic heterocycles. The highest BCUT2D eigenvalue weighted by Crippen LogP contribution is 2.03. The maximum atomic E-state index is 5.46. The molecule has 0 saturated carbocycles. The Hall–Kier alpha value is -1.96. The number of hydrogen-bond donors (Lipinski definition) is 2. The molecule has 0 aliphatic rings. The lowest BCUT2D eigenvalue weighted by molar-refractivity contribution is 1.47. The summed E-state index contributed by atoms with van der Waals surface area (Å²) >= 11 is 0. The van der Waals surface area contributed by atoms with Crippen molar-refractivity contribution in [3.05, 3.63) is 59.7 Å². The zero-order valence-electron chi connectivity index (χ0n) is 11.8. The van der Waals surface area contributed by atoms with Crippen LogP contribution in [-0.2, 0) is 0 Å². The van der Waals surface area contributed by atoms with Gasteiger partial charge in [-0.25, -0.2) is 0 Å². The van der Waals surface area contributed by atoms with Gasteiger partial charge in [0.2, 0.25) is 0 Å². The van der Waals surface area contributed by atoms with Crippen LogP contribution in [0, 0.1) is 13.8 Å². The van der Waals surface area contributed by atoms with Crippen molar-refractivity contribution >= 4 is 11.4 Å². The van der Waals surface area contributed by atoms with E-state index in [-0.39, 0.29) is 0 Å². The van der Waals surface area contributed by atoms with Crippen LogP contribution in [0.15, 0.2) is 48.5 Å². The predicted molar refractivity (Wildman–Crippen MR) is 82.5 cm³/mol. The molecule has 0 unspecified atom stereocenters. The molecule has 0 aliphatic carbocycles. The lowest BCUT2D eigenvalue weighted by Gasteiger charge is -1.91. The topological polar surface area (TPSA) is 52.0 Å². The lowest BCUT2D eigenvalue weighted by Crippen LogP contribution is -1.82. The Morgan fingerprint density at radius 3 is 1.56 bits per heavy atom. The van der Waals surface area contributed by atoms with Crippen LogP contribution in [0.2, 0.25) is 0 Å². The number of rotatable bonds is 0. The van der Waals surface area contributed by atoms with E-state index in [4.69, 9.17) is 11.5 Å². The van der Waals surface area contributed by atoms with E-state index in [9.17, 15) is 0 Å². The van der Waals surface area contributed by atoms with Crippen LogP contribution < -0.4 is 11.5 Å². The molecule has 0 atom stereocenters.